The fraction of sp³-hybridized carbons (Fsp3) is 0.0556. The van der Waals surface area contributed by atoms with Crippen molar-refractivity contribution in [1.29, 1.82) is 0 Å². The van der Waals surface area contributed by atoms with Gasteiger partial charge in [0.15, 0.2) is 11.4 Å². The van der Waals surface area contributed by atoms with E-state index < -0.39 is 0 Å². The first-order chi connectivity index (χ1) is 12.8. The number of hydrogen-bond donors (Lipinski definition) is 0. The van der Waals surface area contributed by atoms with E-state index in [1.165, 1.54) is 0 Å². The summed E-state index contributed by atoms with van der Waals surface area (Å²) in [7, 11) is 0. The molecular formula is C18H11ClN4O2S. The summed E-state index contributed by atoms with van der Waals surface area (Å²) in [6, 6.07) is 13.0. The number of halogens is 1. The van der Waals surface area contributed by atoms with Crippen molar-refractivity contribution in [2.45, 2.75) is 6.61 Å². The van der Waals surface area contributed by atoms with E-state index in [0.29, 0.717) is 28.1 Å². The molecule has 0 unspecified atom stereocenters. The quantitative estimate of drug-likeness (QED) is 0.445. The van der Waals surface area contributed by atoms with Crippen LogP contribution in [-0.2, 0) is 6.61 Å². The van der Waals surface area contributed by atoms with Crippen LogP contribution in [0.15, 0.2) is 58.6 Å². The van der Waals surface area contributed by atoms with E-state index in [4.69, 9.17) is 20.8 Å². The number of benzene rings is 1. The molecule has 0 atom stereocenters. The van der Waals surface area contributed by atoms with Crippen LogP contribution in [0.5, 0.6) is 5.75 Å². The number of rotatable bonds is 4. The molecule has 0 radical (unpaired) electrons. The average molecular weight is 383 g/mol. The molecule has 0 fully saturated rings. The lowest BCUT2D eigenvalue weighted by molar-refractivity contribution is 0.272. The van der Waals surface area contributed by atoms with E-state index in [1.807, 2.05) is 41.8 Å². The lowest BCUT2D eigenvalue weighted by Gasteiger charge is -2.05. The third kappa shape index (κ3) is 2.61. The van der Waals surface area contributed by atoms with Crippen molar-refractivity contribution >= 4 is 38.8 Å². The molecule has 0 N–H and O–H groups in total. The van der Waals surface area contributed by atoms with Gasteiger partial charge in [0, 0.05) is 0 Å². The molecule has 0 saturated heterocycles. The Morgan fingerprint density at radius 1 is 1.15 bits per heavy atom. The second kappa shape index (κ2) is 6.12. The van der Waals surface area contributed by atoms with Gasteiger partial charge in [-0.3, -0.25) is 0 Å². The largest absolute Gasteiger partial charge is 0.484 e. The Bertz CT molecular complexity index is 1230. The first-order valence-electron chi connectivity index (χ1n) is 7.83. The number of fused-ring (bicyclic) bond motifs is 3. The summed E-state index contributed by atoms with van der Waals surface area (Å²) in [5.74, 6) is 2.37. The number of thiophene rings is 1. The number of aromatic nitrogens is 4. The maximum atomic E-state index is 6.09. The Kier molecular flexibility index (Phi) is 3.62. The zero-order valence-electron chi connectivity index (χ0n) is 13.3. The summed E-state index contributed by atoms with van der Waals surface area (Å²) in [5.41, 5.74) is 0.761. The average Bonchev–Trinajstić information content (AvgIpc) is 3.38. The van der Waals surface area contributed by atoms with E-state index in [9.17, 15) is 0 Å². The van der Waals surface area contributed by atoms with Gasteiger partial charge in [-0.2, -0.15) is 0 Å². The van der Waals surface area contributed by atoms with Crippen LogP contribution < -0.4 is 4.74 Å². The molecule has 6 nitrogen and oxygen atoms in total. The van der Waals surface area contributed by atoms with Crippen molar-refractivity contribution in [2.75, 3.05) is 0 Å². The van der Waals surface area contributed by atoms with Gasteiger partial charge in [-0.15, -0.1) is 16.4 Å². The van der Waals surface area contributed by atoms with Crippen LogP contribution in [0.25, 0.3) is 27.4 Å². The molecule has 26 heavy (non-hydrogen) atoms. The number of nitrogens with zero attached hydrogens (tertiary/aromatic N) is 4. The van der Waals surface area contributed by atoms with Crippen LogP contribution in [0.1, 0.15) is 5.76 Å². The zero-order chi connectivity index (χ0) is 17.5. The van der Waals surface area contributed by atoms with Crippen LogP contribution in [0.3, 0.4) is 0 Å². The normalized spacial score (nSPS) is 11.4. The van der Waals surface area contributed by atoms with E-state index in [-0.39, 0.29) is 6.61 Å². The minimum Gasteiger partial charge on any atom is -0.484 e. The molecule has 0 amide bonds. The minimum absolute atomic E-state index is 0.271. The highest BCUT2D eigenvalue weighted by atomic mass is 35.5. The first kappa shape index (κ1) is 15.4. The van der Waals surface area contributed by atoms with Crippen molar-refractivity contribution in [1.82, 2.24) is 19.6 Å². The molecule has 5 aromatic rings. The summed E-state index contributed by atoms with van der Waals surface area (Å²) in [5, 5.41) is 7.98. The van der Waals surface area contributed by atoms with E-state index in [1.54, 1.807) is 28.2 Å². The summed E-state index contributed by atoms with van der Waals surface area (Å²) < 4.78 is 13.2. The van der Waals surface area contributed by atoms with Crippen molar-refractivity contribution in [3.8, 4) is 17.3 Å². The monoisotopic (exact) mass is 382 g/mol. The van der Waals surface area contributed by atoms with Crippen LogP contribution >= 0.6 is 22.9 Å². The zero-order valence-corrected chi connectivity index (χ0v) is 14.9. The van der Waals surface area contributed by atoms with Gasteiger partial charge in [-0.05, 0) is 35.7 Å². The maximum absolute atomic E-state index is 6.09. The second-order valence-electron chi connectivity index (χ2n) is 5.57. The van der Waals surface area contributed by atoms with Gasteiger partial charge in [-0.1, -0.05) is 23.7 Å². The van der Waals surface area contributed by atoms with Gasteiger partial charge in [-0.25, -0.2) is 14.5 Å². The lowest BCUT2D eigenvalue weighted by atomic mass is 10.3. The number of hydrogen-bond acceptors (Lipinski definition) is 6. The predicted molar refractivity (Wildman–Crippen MR) is 99.7 cm³/mol. The third-order valence-corrected chi connectivity index (χ3v) is 5.02. The Balaban J connectivity index is 1.43. The molecular weight excluding hydrogens is 372 g/mol. The van der Waals surface area contributed by atoms with E-state index in [0.717, 1.165) is 15.9 Å². The molecule has 5 rings (SSSR count). The van der Waals surface area contributed by atoms with Crippen molar-refractivity contribution in [3.05, 3.63) is 65.0 Å². The predicted octanol–water partition coefficient (Wildman–Crippen LogP) is 4.83. The summed E-state index contributed by atoms with van der Waals surface area (Å²) in [6.45, 7) is 0.271. The number of para-hydroxylation sites is 1. The number of ether oxygens (including phenoxy) is 1. The number of furan rings is 1. The van der Waals surface area contributed by atoms with Crippen molar-refractivity contribution < 1.29 is 9.15 Å². The van der Waals surface area contributed by atoms with Gasteiger partial charge in [0.05, 0.1) is 10.4 Å². The van der Waals surface area contributed by atoms with Crippen molar-refractivity contribution in [2.24, 2.45) is 0 Å². The standard InChI is InChI=1S/C18H11ClN4O2S/c19-13-3-1-2-4-14(13)24-9-11-5-6-15(25-11)16-21-17-12-7-8-26-18(12)20-10-23(17)22-16/h1-8,10H,9H2. The van der Waals surface area contributed by atoms with Gasteiger partial charge in [0.1, 0.15) is 29.3 Å². The fourth-order valence-corrected chi connectivity index (χ4v) is 3.57. The molecule has 0 aliphatic carbocycles. The second-order valence-corrected chi connectivity index (χ2v) is 6.87. The van der Waals surface area contributed by atoms with Crippen LogP contribution in [0.2, 0.25) is 5.02 Å². The lowest BCUT2D eigenvalue weighted by Crippen LogP contribution is -1.94. The summed E-state index contributed by atoms with van der Waals surface area (Å²) in [6.07, 6.45) is 1.66. The van der Waals surface area contributed by atoms with Crippen molar-refractivity contribution in [3.63, 3.8) is 0 Å². The Labute approximate surface area is 156 Å². The molecule has 4 heterocycles. The molecule has 0 saturated carbocycles. The molecule has 0 bridgehead atoms. The fourth-order valence-electron chi connectivity index (χ4n) is 2.66. The topological polar surface area (TPSA) is 65.5 Å². The smallest absolute Gasteiger partial charge is 0.217 e. The molecule has 0 spiro atoms. The highest BCUT2D eigenvalue weighted by molar-refractivity contribution is 7.16. The van der Waals surface area contributed by atoms with Gasteiger partial charge >= 0.3 is 0 Å². The van der Waals surface area contributed by atoms with Crippen LogP contribution in [-0.4, -0.2) is 19.6 Å². The highest BCUT2D eigenvalue weighted by Crippen LogP contribution is 2.27. The van der Waals surface area contributed by atoms with E-state index >= 15 is 0 Å². The maximum Gasteiger partial charge on any atom is 0.217 e. The van der Waals surface area contributed by atoms with Gasteiger partial charge in [0.25, 0.3) is 0 Å². The molecule has 0 aliphatic rings. The molecule has 0 aliphatic heterocycles. The minimum atomic E-state index is 0.271. The molecule has 8 heteroatoms. The third-order valence-electron chi connectivity index (χ3n) is 3.89. The highest BCUT2D eigenvalue weighted by Gasteiger charge is 2.14. The van der Waals surface area contributed by atoms with Gasteiger partial charge in [0.2, 0.25) is 5.82 Å². The Hall–Kier alpha value is -2.90. The van der Waals surface area contributed by atoms with Gasteiger partial charge < -0.3 is 9.15 Å². The summed E-state index contributed by atoms with van der Waals surface area (Å²) in [4.78, 5) is 9.90. The molecule has 128 valence electrons. The van der Waals surface area contributed by atoms with E-state index in [2.05, 4.69) is 15.1 Å². The van der Waals surface area contributed by atoms with Crippen LogP contribution in [0.4, 0.5) is 0 Å². The first-order valence-corrected chi connectivity index (χ1v) is 9.09. The Morgan fingerprint density at radius 3 is 3.00 bits per heavy atom. The molecule has 4 aromatic heterocycles. The SMILES string of the molecule is Clc1ccccc1OCc1ccc(-c2nc3c4ccsc4ncn3n2)o1. The molecule has 1 aromatic carbocycles. The summed E-state index contributed by atoms with van der Waals surface area (Å²) >= 11 is 7.67. The Morgan fingerprint density at radius 2 is 2.08 bits per heavy atom. The van der Waals surface area contributed by atoms with Crippen LogP contribution in [0, 0.1) is 0 Å².